The lowest BCUT2D eigenvalue weighted by atomic mass is 10.1. The Balaban J connectivity index is 2.08. The van der Waals surface area contributed by atoms with E-state index in [0.29, 0.717) is 12.5 Å². The van der Waals surface area contributed by atoms with Gasteiger partial charge < -0.3 is 0 Å². The summed E-state index contributed by atoms with van der Waals surface area (Å²) >= 11 is 3.37. The third-order valence-electron chi connectivity index (χ3n) is 3.08. The summed E-state index contributed by atoms with van der Waals surface area (Å²) in [6.45, 7) is 4.69. The molecule has 0 N–H and O–H groups in total. The number of aromatic nitrogens is 1. The van der Waals surface area contributed by atoms with Crippen molar-refractivity contribution in [3.8, 4) is 0 Å². The molecule has 2 rings (SSSR count). The minimum Gasteiger partial charge on any atom is -0.287 e. The summed E-state index contributed by atoms with van der Waals surface area (Å²) < 4.78 is 2.90. The van der Waals surface area contributed by atoms with E-state index in [2.05, 4.69) is 41.9 Å². The molecule has 0 fully saturated rings. The highest BCUT2D eigenvalue weighted by Crippen LogP contribution is 2.12. The van der Waals surface area contributed by atoms with E-state index in [1.54, 1.807) is 0 Å². The molecule has 1 aromatic heterocycles. The SMILES string of the molecule is CC(C)c1cc[n+](CC(=O)c2ccc(Br)cc2)cc1. The lowest BCUT2D eigenvalue weighted by Crippen LogP contribution is -2.37. The minimum absolute atomic E-state index is 0.120. The van der Waals surface area contributed by atoms with E-state index in [9.17, 15) is 4.79 Å². The van der Waals surface area contributed by atoms with Crippen LogP contribution in [0.2, 0.25) is 0 Å². The van der Waals surface area contributed by atoms with Gasteiger partial charge in [0.1, 0.15) is 0 Å². The highest BCUT2D eigenvalue weighted by molar-refractivity contribution is 9.10. The van der Waals surface area contributed by atoms with E-state index in [-0.39, 0.29) is 5.78 Å². The summed E-state index contributed by atoms with van der Waals surface area (Å²) in [5.41, 5.74) is 2.02. The summed E-state index contributed by atoms with van der Waals surface area (Å²) in [6.07, 6.45) is 3.93. The fourth-order valence-electron chi connectivity index (χ4n) is 1.85. The zero-order valence-corrected chi connectivity index (χ0v) is 12.7. The molecule has 98 valence electrons. The fraction of sp³-hybridized carbons (Fsp3) is 0.250. The van der Waals surface area contributed by atoms with Gasteiger partial charge in [0.05, 0.1) is 0 Å². The number of benzene rings is 1. The van der Waals surface area contributed by atoms with E-state index in [1.807, 2.05) is 41.2 Å². The van der Waals surface area contributed by atoms with Gasteiger partial charge in [-0.15, -0.1) is 0 Å². The Bertz CT molecular complexity index is 558. The molecule has 0 atom stereocenters. The summed E-state index contributed by atoms with van der Waals surface area (Å²) in [5, 5.41) is 0. The van der Waals surface area contributed by atoms with Crippen LogP contribution < -0.4 is 4.57 Å². The molecule has 0 aliphatic carbocycles. The van der Waals surface area contributed by atoms with Crippen LogP contribution in [0, 0.1) is 0 Å². The Morgan fingerprint density at radius 2 is 1.68 bits per heavy atom. The molecule has 0 spiro atoms. The predicted octanol–water partition coefficient (Wildman–Crippen LogP) is 3.74. The number of hydrogen-bond acceptors (Lipinski definition) is 1. The van der Waals surface area contributed by atoms with Crippen molar-refractivity contribution in [2.45, 2.75) is 26.3 Å². The molecular formula is C16H17BrNO+. The van der Waals surface area contributed by atoms with Crippen LogP contribution in [0.5, 0.6) is 0 Å². The van der Waals surface area contributed by atoms with E-state index < -0.39 is 0 Å². The predicted molar refractivity (Wildman–Crippen MR) is 79.2 cm³/mol. The van der Waals surface area contributed by atoms with Gasteiger partial charge in [-0.1, -0.05) is 41.9 Å². The maximum atomic E-state index is 12.1. The first-order valence-electron chi connectivity index (χ1n) is 6.34. The first-order valence-corrected chi connectivity index (χ1v) is 7.13. The highest BCUT2D eigenvalue weighted by Gasteiger charge is 2.12. The molecule has 0 amide bonds. The van der Waals surface area contributed by atoms with Gasteiger partial charge in [-0.05, 0) is 23.6 Å². The normalized spacial score (nSPS) is 10.7. The van der Waals surface area contributed by atoms with Crippen molar-refractivity contribution in [1.82, 2.24) is 0 Å². The second-order valence-corrected chi connectivity index (χ2v) is 5.80. The van der Waals surface area contributed by atoms with Crippen LogP contribution in [0.15, 0.2) is 53.3 Å². The number of Topliss-reactive ketones (excluding diaryl/α,β-unsaturated/α-hetero) is 1. The zero-order valence-electron chi connectivity index (χ0n) is 11.1. The van der Waals surface area contributed by atoms with Crippen LogP contribution >= 0.6 is 15.9 Å². The average molecular weight is 319 g/mol. The molecule has 1 heterocycles. The third kappa shape index (κ3) is 3.74. The molecule has 0 aliphatic rings. The number of nitrogens with zero attached hydrogens (tertiary/aromatic N) is 1. The molecule has 0 saturated heterocycles. The van der Waals surface area contributed by atoms with E-state index in [4.69, 9.17) is 0 Å². The molecule has 1 aromatic carbocycles. The molecule has 2 aromatic rings. The Morgan fingerprint density at radius 3 is 2.21 bits per heavy atom. The molecule has 0 aliphatic heterocycles. The maximum Gasteiger partial charge on any atom is 0.227 e. The number of carbonyl (C=O) groups excluding carboxylic acids is 1. The van der Waals surface area contributed by atoms with Crippen molar-refractivity contribution in [3.05, 3.63) is 64.4 Å². The molecule has 3 heteroatoms. The molecule has 0 saturated carbocycles. The molecule has 0 radical (unpaired) electrons. The topological polar surface area (TPSA) is 20.9 Å². The largest absolute Gasteiger partial charge is 0.287 e. The third-order valence-corrected chi connectivity index (χ3v) is 3.60. The average Bonchev–Trinajstić information content (AvgIpc) is 2.40. The molecule has 0 unspecified atom stereocenters. The summed E-state index contributed by atoms with van der Waals surface area (Å²) in [6, 6.07) is 11.6. The van der Waals surface area contributed by atoms with E-state index in [0.717, 1.165) is 10.0 Å². The van der Waals surface area contributed by atoms with Gasteiger partial charge >= 0.3 is 0 Å². The maximum absolute atomic E-state index is 12.1. The second-order valence-electron chi connectivity index (χ2n) is 4.89. The standard InChI is InChI=1S/C16H17BrNO/c1-12(2)13-7-9-18(10-8-13)11-16(19)14-3-5-15(17)6-4-14/h3-10,12H,11H2,1-2H3/q+1. The summed E-state index contributed by atoms with van der Waals surface area (Å²) in [7, 11) is 0. The van der Waals surface area contributed by atoms with Crippen molar-refractivity contribution in [1.29, 1.82) is 0 Å². The Labute approximate surface area is 122 Å². The number of pyridine rings is 1. The van der Waals surface area contributed by atoms with E-state index in [1.165, 1.54) is 5.56 Å². The number of ketones is 1. The van der Waals surface area contributed by atoms with Crippen molar-refractivity contribution >= 4 is 21.7 Å². The van der Waals surface area contributed by atoms with Crippen LogP contribution in [-0.4, -0.2) is 5.78 Å². The van der Waals surface area contributed by atoms with Crippen LogP contribution in [0.25, 0.3) is 0 Å². The van der Waals surface area contributed by atoms with Gasteiger partial charge in [0.2, 0.25) is 12.3 Å². The Morgan fingerprint density at radius 1 is 1.11 bits per heavy atom. The quantitative estimate of drug-likeness (QED) is 0.621. The van der Waals surface area contributed by atoms with Crippen LogP contribution in [0.1, 0.15) is 35.7 Å². The number of hydrogen-bond donors (Lipinski definition) is 0. The summed E-state index contributed by atoms with van der Waals surface area (Å²) in [4.78, 5) is 12.1. The Kier molecular flexibility index (Phi) is 4.48. The van der Waals surface area contributed by atoms with Crippen molar-refractivity contribution in [2.75, 3.05) is 0 Å². The van der Waals surface area contributed by atoms with Gasteiger partial charge in [-0.25, -0.2) is 0 Å². The van der Waals surface area contributed by atoms with Crippen molar-refractivity contribution < 1.29 is 9.36 Å². The monoisotopic (exact) mass is 318 g/mol. The zero-order chi connectivity index (χ0) is 13.8. The second kappa shape index (κ2) is 6.11. The van der Waals surface area contributed by atoms with Crippen molar-refractivity contribution in [3.63, 3.8) is 0 Å². The number of carbonyl (C=O) groups is 1. The van der Waals surface area contributed by atoms with Gasteiger partial charge in [0.25, 0.3) is 0 Å². The van der Waals surface area contributed by atoms with Crippen LogP contribution in [-0.2, 0) is 6.54 Å². The number of halogens is 1. The fourth-order valence-corrected chi connectivity index (χ4v) is 2.12. The molecule has 19 heavy (non-hydrogen) atoms. The lowest BCUT2D eigenvalue weighted by Gasteiger charge is -2.03. The van der Waals surface area contributed by atoms with Gasteiger partial charge in [0, 0.05) is 22.2 Å². The smallest absolute Gasteiger partial charge is 0.227 e. The highest BCUT2D eigenvalue weighted by atomic mass is 79.9. The van der Waals surface area contributed by atoms with Gasteiger partial charge in [-0.3, -0.25) is 4.79 Å². The molecule has 2 nitrogen and oxygen atoms in total. The molecular weight excluding hydrogens is 302 g/mol. The summed E-state index contributed by atoms with van der Waals surface area (Å²) in [5.74, 6) is 0.631. The Hall–Kier alpha value is -1.48. The van der Waals surface area contributed by atoms with Crippen molar-refractivity contribution in [2.24, 2.45) is 0 Å². The van der Waals surface area contributed by atoms with Gasteiger partial charge in [0.15, 0.2) is 12.4 Å². The minimum atomic E-state index is 0.120. The van der Waals surface area contributed by atoms with Crippen LogP contribution in [0.4, 0.5) is 0 Å². The van der Waals surface area contributed by atoms with Gasteiger partial charge in [-0.2, -0.15) is 4.57 Å². The lowest BCUT2D eigenvalue weighted by molar-refractivity contribution is -0.683. The first-order chi connectivity index (χ1) is 9.06. The molecule has 0 bridgehead atoms. The van der Waals surface area contributed by atoms with Crippen LogP contribution in [0.3, 0.4) is 0 Å². The number of rotatable bonds is 4. The first kappa shape index (κ1) is 13.9. The van der Waals surface area contributed by atoms with E-state index >= 15 is 0 Å².